The zero-order valence-corrected chi connectivity index (χ0v) is 14.2. The zero-order chi connectivity index (χ0) is 14.7. The van der Waals surface area contributed by atoms with E-state index in [4.69, 9.17) is 11.8 Å². The largest absolute Gasteiger partial charge is 0.298 e. The van der Waals surface area contributed by atoms with Gasteiger partial charge in [-0.15, -0.1) is 11.4 Å². The molecule has 0 N–H and O–H groups in total. The molecule has 0 radical (unpaired) electrons. The van der Waals surface area contributed by atoms with E-state index in [1.807, 2.05) is 36.4 Å². The molecule has 0 aromatic heterocycles. The Balaban J connectivity index is 2.03. The molecule has 0 saturated heterocycles. The lowest BCUT2D eigenvalue weighted by Crippen LogP contribution is -2.17. The first kappa shape index (κ1) is 15.0. The van der Waals surface area contributed by atoms with Gasteiger partial charge in [0.1, 0.15) is 5.78 Å². The highest BCUT2D eigenvalue weighted by Gasteiger charge is 2.33. The molecule has 1 aliphatic carbocycles. The van der Waals surface area contributed by atoms with Crippen LogP contribution >= 0.6 is 16.6 Å². The van der Waals surface area contributed by atoms with Gasteiger partial charge in [0.05, 0.1) is 10.5 Å². The summed E-state index contributed by atoms with van der Waals surface area (Å²) in [7, 11) is 0. The second-order valence-corrected chi connectivity index (χ2v) is 12.7. The molecule has 0 spiro atoms. The van der Waals surface area contributed by atoms with Gasteiger partial charge >= 0.3 is 0 Å². The minimum atomic E-state index is -1.98. The Morgan fingerprint density at radius 2 is 1.48 bits per heavy atom. The minimum Gasteiger partial charge on any atom is -0.298 e. The lowest BCUT2D eigenvalue weighted by Gasteiger charge is -2.25. The smallest absolute Gasteiger partial charge is 0.146 e. The Morgan fingerprint density at radius 1 is 0.952 bits per heavy atom. The Hall–Kier alpha value is -0.890. The summed E-state index contributed by atoms with van der Waals surface area (Å²) in [6, 6.07) is 20.6. The average molecular weight is 332 g/mol. The van der Waals surface area contributed by atoms with Gasteiger partial charge in [-0.05, 0) is 23.5 Å². The summed E-state index contributed by atoms with van der Waals surface area (Å²) in [5, 5.41) is 0.480. The van der Waals surface area contributed by atoms with Crippen LogP contribution in [0.25, 0.3) is 0 Å². The fraction of sp³-hybridized carbons (Fsp3) is 0.235. The monoisotopic (exact) mass is 332 g/mol. The molecule has 0 amide bonds. The summed E-state index contributed by atoms with van der Waals surface area (Å²) in [5.41, 5.74) is 0. The molecule has 2 aromatic carbocycles. The summed E-state index contributed by atoms with van der Waals surface area (Å²) >= 11 is 7.89. The van der Waals surface area contributed by atoms with E-state index in [1.165, 1.54) is 10.6 Å². The maximum absolute atomic E-state index is 12.1. The highest BCUT2D eigenvalue weighted by Crippen LogP contribution is 2.60. The molecule has 1 aliphatic rings. The lowest BCUT2D eigenvalue weighted by atomic mass is 10.3. The number of carbonyl (C=O) groups excluding carboxylic acids is 1. The molecule has 2 aromatic rings. The maximum atomic E-state index is 12.1. The van der Waals surface area contributed by atoms with E-state index < -0.39 is 5.24 Å². The molecule has 1 nitrogen and oxygen atoms in total. The standard InChI is InChI=1S/C17H17OPS2/c18-16-12-7-13-17(16)21-19(20,14-8-3-1-4-9-14)15-10-5-2-6-11-15/h1-6,8-11,17H,7,12-13H2. The lowest BCUT2D eigenvalue weighted by molar-refractivity contribution is -0.116. The molecule has 0 heterocycles. The van der Waals surface area contributed by atoms with Crippen molar-refractivity contribution in [3.63, 3.8) is 0 Å². The quantitative estimate of drug-likeness (QED) is 0.791. The highest BCUT2D eigenvalue weighted by atomic mass is 32.9. The van der Waals surface area contributed by atoms with Crippen molar-refractivity contribution in [1.29, 1.82) is 0 Å². The van der Waals surface area contributed by atoms with Crippen molar-refractivity contribution in [3.8, 4) is 0 Å². The fourth-order valence-electron chi connectivity index (χ4n) is 2.59. The van der Waals surface area contributed by atoms with Crippen LogP contribution in [0, 0.1) is 0 Å². The maximum Gasteiger partial charge on any atom is 0.146 e. The van der Waals surface area contributed by atoms with Crippen LogP contribution in [-0.2, 0) is 16.6 Å². The summed E-state index contributed by atoms with van der Waals surface area (Å²) in [6.07, 6.45) is 2.70. The van der Waals surface area contributed by atoms with Crippen molar-refractivity contribution in [2.45, 2.75) is 24.5 Å². The second-order valence-electron chi connectivity index (χ2n) is 5.18. The van der Waals surface area contributed by atoms with Gasteiger partial charge in [-0.25, -0.2) is 0 Å². The van der Waals surface area contributed by atoms with Crippen molar-refractivity contribution in [2.75, 3.05) is 0 Å². The van der Waals surface area contributed by atoms with Crippen LogP contribution in [0.15, 0.2) is 60.7 Å². The normalized spacial score (nSPS) is 18.9. The predicted molar refractivity (Wildman–Crippen MR) is 96.7 cm³/mol. The molecule has 4 heteroatoms. The van der Waals surface area contributed by atoms with Gasteiger partial charge in [0.25, 0.3) is 0 Å². The third-order valence-electron chi connectivity index (χ3n) is 3.72. The second kappa shape index (κ2) is 6.48. The predicted octanol–water partition coefficient (Wildman–Crippen LogP) is 3.89. The minimum absolute atomic E-state index is 0.0799. The number of benzene rings is 2. The van der Waals surface area contributed by atoms with Gasteiger partial charge in [-0.2, -0.15) is 0 Å². The van der Waals surface area contributed by atoms with Gasteiger partial charge in [0.2, 0.25) is 0 Å². The Morgan fingerprint density at radius 3 is 1.90 bits per heavy atom. The first-order chi connectivity index (χ1) is 10.2. The van der Waals surface area contributed by atoms with E-state index >= 15 is 0 Å². The van der Waals surface area contributed by atoms with E-state index in [0.29, 0.717) is 5.78 Å². The van der Waals surface area contributed by atoms with E-state index in [9.17, 15) is 4.79 Å². The number of ketones is 1. The molecule has 1 saturated carbocycles. The van der Waals surface area contributed by atoms with Gasteiger partial charge < -0.3 is 0 Å². The van der Waals surface area contributed by atoms with E-state index in [0.717, 1.165) is 19.3 Å². The average Bonchev–Trinajstić information content (AvgIpc) is 2.94. The number of rotatable bonds is 4. The number of carbonyl (C=O) groups is 1. The molecule has 1 atom stereocenters. The van der Waals surface area contributed by atoms with E-state index in [1.54, 1.807) is 11.4 Å². The van der Waals surface area contributed by atoms with Crippen molar-refractivity contribution >= 4 is 44.8 Å². The summed E-state index contributed by atoms with van der Waals surface area (Å²) < 4.78 is 0. The Bertz CT molecular complexity index is 626. The van der Waals surface area contributed by atoms with Crippen LogP contribution < -0.4 is 10.6 Å². The number of hydrogen-bond donors (Lipinski definition) is 0. The molecular weight excluding hydrogens is 315 g/mol. The van der Waals surface area contributed by atoms with Crippen LogP contribution in [0.1, 0.15) is 19.3 Å². The molecule has 1 unspecified atom stereocenters. The van der Waals surface area contributed by atoms with Crippen LogP contribution in [0.5, 0.6) is 0 Å². The first-order valence-corrected chi connectivity index (χ1v) is 11.4. The van der Waals surface area contributed by atoms with Crippen molar-refractivity contribution < 1.29 is 4.79 Å². The molecular formula is C17H17OPS2. The van der Waals surface area contributed by atoms with Crippen molar-refractivity contribution in [3.05, 3.63) is 60.7 Å². The van der Waals surface area contributed by atoms with Crippen molar-refractivity contribution in [2.24, 2.45) is 0 Å². The third-order valence-corrected chi connectivity index (χ3v) is 11.7. The molecule has 108 valence electrons. The van der Waals surface area contributed by atoms with Crippen LogP contribution in [-0.4, -0.2) is 11.0 Å². The van der Waals surface area contributed by atoms with Crippen molar-refractivity contribution in [1.82, 2.24) is 0 Å². The van der Waals surface area contributed by atoms with Gasteiger partial charge in [-0.3, -0.25) is 4.79 Å². The molecule has 1 fully saturated rings. The van der Waals surface area contributed by atoms with Gasteiger partial charge in [0.15, 0.2) is 0 Å². The van der Waals surface area contributed by atoms with Gasteiger partial charge in [-0.1, -0.05) is 72.5 Å². The van der Waals surface area contributed by atoms with E-state index in [2.05, 4.69) is 24.3 Å². The SMILES string of the molecule is O=C1CCCC1SP(=S)(c1ccccc1)c1ccccc1. The summed E-state index contributed by atoms with van der Waals surface area (Å²) in [4.78, 5) is 12.1. The topological polar surface area (TPSA) is 17.1 Å². The zero-order valence-electron chi connectivity index (χ0n) is 11.6. The van der Waals surface area contributed by atoms with Crippen LogP contribution in [0.2, 0.25) is 0 Å². The van der Waals surface area contributed by atoms with E-state index in [-0.39, 0.29) is 5.25 Å². The Labute approximate surface area is 134 Å². The summed E-state index contributed by atoms with van der Waals surface area (Å²) in [6.45, 7) is 0. The molecule has 3 rings (SSSR count). The molecule has 0 bridgehead atoms. The van der Waals surface area contributed by atoms with Crippen LogP contribution in [0.3, 0.4) is 0 Å². The third kappa shape index (κ3) is 3.15. The molecule has 21 heavy (non-hydrogen) atoms. The first-order valence-electron chi connectivity index (χ1n) is 7.12. The Kier molecular flexibility index (Phi) is 4.63. The number of Topliss-reactive ketones (excluding diaryl/α,β-unsaturated/α-hetero) is 1. The van der Waals surface area contributed by atoms with Gasteiger partial charge in [0, 0.05) is 6.42 Å². The highest BCUT2D eigenvalue weighted by molar-refractivity contribution is 8.75. The molecule has 0 aliphatic heterocycles. The summed E-state index contributed by atoms with van der Waals surface area (Å²) in [5.74, 6) is 0.376. The fourth-order valence-corrected chi connectivity index (χ4v) is 10.0. The van der Waals surface area contributed by atoms with Crippen LogP contribution in [0.4, 0.5) is 0 Å². The number of hydrogen-bond acceptors (Lipinski definition) is 3.